The van der Waals surface area contributed by atoms with Crippen LogP contribution in [0.5, 0.6) is 0 Å². The minimum atomic E-state index is -0.644. The van der Waals surface area contributed by atoms with Crippen LogP contribution in [0, 0.1) is 5.82 Å². The Bertz CT molecular complexity index is 1110. The summed E-state index contributed by atoms with van der Waals surface area (Å²) in [4.78, 5) is 39.3. The summed E-state index contributed by atoms with van der Waals surface area (Å²) < 4.78 is 18.7. The molecule has 0 aliphatic rings. The fraction of sp³-hybridized carbons (Fsp3) is 0.462. The molecule has 1 aromatic carbocycles. The number of allylic oxidation sites excluding steroid dienone is 1. The highest BCUT2D eigenvalue weighted by molar-refractivity contribution is 5.82. The van der Waals surface area contributed by atoms with Gasteiger partial charge < -0.3 is 30.4 Å². The highest BCUT2D eigenvalue weighted by atomic mass is 19.1. The molecule has 5 N–H and O–H groups in total. The molecule has 1 aromatic heterocycles. The van der Waals surface area contributed by atoms with E-state index in [0.717, 1.165) is 12.0 Å². The zero-order valence-electron chi connectivity index (χ0n) is 22.6. The SMILES string of the molecule is CCCNc1nc(Nc2cccc(F)c2)ncc1C/C=C(/CCNC(=O)CN(C)C(=O)OC(C)(C)C)ON. The summed E-state index contributed by atoms with van der Waals surface area (Å²) in [5.41, 5.74) is 0.702. The van der Waals surface area contributed by atoms with Crippen molar-refractivity contribution in [3.8, 4) is 0 Å². The van der Waals surface area contributed by atoms with Crippen molar-refractivity contribution in [3.05, 3.63) is 53.7 Å². The zero-order chi connectivity index (χ0) is 28.1. The van der Waals surface area contributed by atoms with Crippen LogP contribution in [-0.4, -0.2) is 59.2 Å². The summed E-state index contributed by atoms with van der Waals surface area (Å²) in [5.74, 6) is 6.17. The molecule has 208 valence electrons. The summed E-state index contributed by atoms with van der Waals surface area (Å²) in [6, 6.07) is 6.05. The van der Waals surface area contributed by atoms with Crippen molar-refractivity contribution in [2.75, 3.05) is 37.3 Å². The molecule has 0 fully saturated rings. The number of likely N-dealkylation sites (N-methyl/N-ethyl adjacent to an activating group) is 1. The fourth-order valence-corrected chi connectivity index (χ4v) is 3.14. The molecule has 38 heavy (non-hydrogen) atoms. The van der Waals surface area contributed by atoms with Gasteiger partial charge >= 0.3 is 6.09 Å². The zero-order valence-corrected chi connectivity index (χ0v) is 22.6. The standard InChI is InChI=1S/C26H38FN7O4/c1-6-13-30-23-18(16-31-24(33-23)32-20-9-7-8-19(27)15-20)10-11-21(38-28)12-14-29-22(35)17-34(5)25(36)37-26(2,3)4/h7-9,11,15-16H,6,10,12-14,17,28H2,1-5H3,(H,29,35)(H2,30,31,32,33)/b21-11-. The lowest BCUT2D eigenvalue weighted by Crippen LogP contribution is -2.41. The van der Waals surface area contributed by atoms with Gasteiger partial charge in [-0.05, 0) is 57.9 Å². The van der Waals surface area contributed by atoms with E-state index in [4.69, 9.17) is 15.5 Å². The summed E-state index contributed by atoms with van der Waals surface area (Å²) in [7, 11) is 1.49. The van der Waals surface area contributed by atoms with Crippen LogP contribution in [0.3, 0.4) is 0 Å². The third kappa shape index (κ3) is 11.0. The molecule has 0 saturated carbocycles. The lowest BCUT2D eigenvalue weighted by molar-refractivity contribution is -0.122. The molecule has 0 spiro atoms. The average Bonchev–Trinajstić information content (AvgIpc) is 2.84. The van der Waals surface area contributed by atoms with Crippen molar-refractivity contribution in [1.29, 1.82) is 0 Å². The van der Waals surface area contributed by atoms with Crippen molar-refractivity contribution >= 4 is 29.5 Å². The van der Waals surface area contributed by atoms with Gasteiger partial charge in [-0.3, -0.25) is 4.79 Å². The van der Waals surface area contributed by atoms with E-state index in [0.29, 0.717) is 42.6 Å². The van der Waals surface area contributed by atoms with Crippen LogP contribution in [-0.2, 0) is 20.8 Å². The van der Waals surface area contributed by atoms with Gasteiger partial charge in [0.15, 0.2) is 0 Å². The number of anilines is 3. The molecule has 0 unspecified atom stereocenters. The first-order valence-electron chi connectivity index (χ1n) is 12.4. The number of nitrogens with two attached hydrogens (primary N) is 1. The number of carbonyl (C=O) groups excluding carboxylic acids is 2. The maximum atomic E-state index is 13.5. The lowest BCUT2D eigenvalue weighted by Gasteiger charge is -2.24. The molecule has 0 radical (unpaired) electrons. The Kier molecular flexibility index (Phi) is 11.7. The number of rotatable bonds is 13. The molecule has 12 heteroatoms. The van der Waals surface area contributed by atoms with Crippen LogP contribution in [0.1, 0.15) is 46.1 Å². The number of hydrogen-bond acceptors (Lipinski definition) is 9. The number of nitrogens with zero attached hydrogens (tertiary/aromatic N) is 3. The molecule has 2 aromatic rings. The van der Waals surface area contributed by atoms with Crippen molar-refractivity contribution in [3.63, 3.8) is 0 Å². The molecule has 2 rings (SSSR count). The second-order valence-corrected chi connectivity index (χ2v) is 9.56. The molecule has 11 nitrogen and oxygen atoms in total. The van der Waals surface area contributed by atoms with E-state index in [1.54, 1.807) is 45.2 Å². The van der Waals surface area contributed by atoms with Gasteiger partial charge in [-0.15, -0.1) is 0 Å². The van der Waals surface area contributed by atoms with E-state index in [9.17, 15) is 14.0 Å². The molecular formula is C26H38FN7O4. The second-order valence-electron chi connectivity index (χ2n) is 9.56. The Balaban J connectivity index is 1.95. The summed E-state index contributed by atoms with van der Waals surface area (Å²) >= 11 is 0. The van der Waals surface area contributed by atoms with Crippen LogP contribution in [0.15, 0.2) is 42.3 Å². The largest absolute Gasteiger partial charge is 0.444 e. The van der Waals surface area contributed by atoms with Gasteiger partial charge in [0.2, 0.25) is 11.9 Å². The molecule has 0 atom stereocenters. The Morgan fingerprint density at radius 2 is 2.00 bits per heavy atom. The maximum absolute atomic E-state index is 13.5. The molecule has 0 aliphatic heterocycles. The Morgan fingerprint density at radius 1 is 1.24 bits per heavy atom. The Hall–Kier alpha value is -3.93. The lowest BCUT2D eigenvalue weighted by atomic mass is 10.2. The average molecular weight is 532 g/mol. The predicted molar refractivity (Wildman–Crippen MR) is 144 cm³/mol. The van der Waals surface area contributed by atoms with E-state index in [2.05, 4.69) is 25.9 Å². The van der Waals surface area contributed by atoms with Crippen LogP contribution in [0.2, 0.25) is 0 Å². The Labute approximate surface area is 222 Å². The highest BCUT2D eigenvalue weighted by Gasteiger charge is 2.21. The molecule has 0 saturated heterocycles. The topological polar surface area (TPSA) is 144 Å². The summed E-state index contributed by atoms with van der Waals surface area (Å²) in [6.07, 6.45) is 4.54. The van der Waals surface area contributed by atoms with E-state index in [1.807, 2.05) is 6.92 Å². The van der Waals surface area contributed by atoms with Gasteiger partial charge in [0.1, 0.15) is 29.5 Å². The molecule has 1 heterocycles. The minimum absolute atomic E-state index is 0.142. The number of hydrogen-bond donors (Lipinski definition) is 4. The number of carbonyl (C=O) groups is 2. The van der Waals surface area contributed by atoms with Gasteiger partial charge in [-0.25, -0.2) is 14.2 Å². The highest BCUT2D eigenvalue weighted by Crippen LogP contribution is 2.20. The number of ether oxygens (including phenoxy) is 1. The first-order valence-corrected chi connectivity index (χ1v) is 12.4. The normalized spacial score (nSPS) is 11.5. The first-order chi connectivity index (χ1) is 18.0. The number of halogens is 1. The monoisotopic (exact) mass is 531 g/mol. The van der Waals surface area contributed by atoms with Gasteiger partial charge in [0.25, 0.3) is 0 Å². The molecular weight excluding hydrogens is 493 g/mol. The van der Waals surface area contributed by atoms with Crippen LogP contribution in [0.25, 0.3) is 0 Å². The fourth-order valence-electron chi connectivity index (χ4n) is 3.14. The third-order valence-corrected chi connectivity index (χ3v) is 4.97. The first kappa shape index (κ1) is 30.3. The Morgan fingerprint density at radius 3 is 2.66 bits per heavy atom. The molecule has 0 aliphatic carbocycles. The van der Waals surface area contributed by atoms with Crippen LogP contribution in [0.4, 0.5) is 26.6 Å². The quantitative estimate of drug-likeness (QED) is 0.224. The van der Waals surface area contributed by atoms with E-state index >= 15 is 0 Å². The van der Waals surface area contributed by atoms with Crippen molar-refractivity contribution in [2.24, 2.45) is 5.90 Å². The molecule has 0 bridgehead atoms. The van der Waals surface area contributed by atoms with Gasteiger partial charge in [0, 0.05) is 44.0 Å². The second kappa shape index (κ2) is 14.7. The summed E-state index contributed by atoms with van der Waals surface area (Å²) in [6.45, 7) is 8.14. The van der Waals surface area contributed by atoms with Gasteiger partial charge in [-0.2, -0.15) is 10.9 Å². The van der Waals surface area contributed by atoms with E-state index < -0.39 is 11.7 Å². The van der Waals surface area contributed by atoms with E-state index in [1.165, 1.54) is 24.1 Å². The number of amides is 2. The van der Waals surface area contributed by atoms with Crippen molar-refractivity contribution in [1.82, 2.24) is 20.2 Å². The number of aromatic nitrogens is 2. The number of benzene rings is 1. The summed E-state index contributed by atoms with van der Waals surface area (Å²) in [5, 5.41) is 9.01. The molecule has 2 amide bonds. The minimum Gasteiger partial charge on any atom is -0.444 e. The third-order valence-electron chi connectivity index (χ3n) is 4.97. The predicted octanol–water partition coefficient (Wildman–Crippen LogP) is 3.87. The maximum Gasteiger partial charge on any atom is 0.410 e. The van der Waals surface area contributed by atoms with Crippen molar-refractivity contribution in [2.45, 2.75) is 52.6 Å². The van der Waals surface area contributed by atoms with Crippen LogP contribution >= 0.6 is 0 Å². The van der Waals surface area contributed by atoms with Crippen LogP contribution < -0.4 is 21.8 Å². The van der Waals surface area contributed by atoms with Gasteiger partial charge in [0.05, 0.1) is 0 Å². The van der Waals surface area contributed by atoms with Crippen molar-refractivity contribution < 1.29 is 23.6 Å². The van der Waals surface area contributed by atoms with E-state index in [-0.39, 0.29) is 24.8 Å². The van der Waals surface area contributed by atoms with Gasteiger partial charge in [-0.1, -0.05) is 13.0 Å². The number of nitrogens with one attached hydrogen (secondary N) is 3. The smallest absolute Gasteiger partial charge is 0.410 e.